The van der Waals surface area contributed by atoms with E-state index in [1.807, 2.05) is 0 Å². The van der Waals surface area contributed by atoms with Crippen LogP contribution in [0.5, 0.6) is 0 Å². The lowest BCUT2D eigenvalue weighted by Crippen LogP contribution is -2.28. The van der Waals surface area contributed by atoms with Crippen LogP contribution in [0, 0.1) is 17.7 Å². The van der Waals surface area contributed by atoms with Crippen LogP contribution < -0.4 is 5.32 Å². The van der Waals surface area contributed by atoms with Gasteiger partial charge < -0.3 is 10.4 Å². The van der Waals surface area contributed by atoms with Gasteiger partial charge in [0.25, 0.3) is 5.91 Å². The van der Waals surface area contributed by atoms with E-state index in [9.17, 15) is 13.4 Å². The van der Waals surface area contributed by atoms with Gasteiger partial charge >= 0.3 is 0 Å². The minimum absolute atomic E-state index is 0.0866. The quantitative estimate of drug-likeness (QED) is 0.780. The molecule has 1 amide bonds. The Hall–Kier alpha value is -1.71. The van der Waals surface area contributed by atoms with E-state index in [-0.39, 0.29) is 18.7 Å². The fourth-order valence-corrected chi connectivity index (χ4v) is 1.71. The van der Waals surface area contributed by atoms with Crippen molar-refractivity contribution in [3.05, 3.63) is 35.1 Å². The van der Waals surface area contributed by atoms with Crippen LogP contribution >= 0.6 is 0 Å². The first kappa shape index (κ1) is 15.3. The summed E-state index contributed by atoms with van der Waals surface area (Å²) in [6.45, 7) is -0.0779. The van der Waals surface area contributed by atoms with E-state index >= 15 is 0 Å². The Bertz CT molecular complexity index is 549. The largest absolute Gasteiger partial charge is 0.384 e. The van der Waals surface area contributed by atoms with Crippen molar-refractivity contribution < 1.29 is 18.5 Å². The standard InChI is InChI=1S/C13H14FNO3S/c1-19(18)8-6-15-13(17)11-5-4-10(3-2-7-16)9-12(11)14/h4-5,9,16H,6-8H2,1H3,(H,15,17). The Kier molecular flexibility index (Phi) is 6.19. The number of aliphatic hydroxyl groups is 1. The number of rotatable bonds is 4. The molecule has 0 bridgehead atoms. The Morgan fingerprint density at radius 3 is 2.84 bits per heavy atom. The number of hydrogen-bond donors (Lipinski definition) is 2. The first-order valence-electron chi connectivity index (χ1n) is 5.52. The molecule has 0 aliphatic heterocycles. The highest BCUT2D eigenvalue weighted by molar-refractivity contribution is 7.84. The fraction of sp³-hybridized carbons (Fsp3) is 0.308. The van der Waals surface area contributed by atoms with Gasteiger partial charge in [0.2, 0.25) is 0 Å². The van der Waals surface area contributed by atoms with Crippen LogP contribution in [0.3, 0.4) is 0 Å². The van der Waals surface area contributed by atoms with Crippen molar-refractivity contribution in [2.75, 3.05) is 25.2 Å². The Balaban J connectivity index is 2.73. The summed E-state index contributed by atoms with van der Waals surface area (Å²) in [7, 11) is -1.00. The van der Waals surface area contributed by atoms with Gasteiger partial charge in [-0.05, 0) is 18.2 Å². The second-order valence-corrected chi connectivity index (χ2v) is 5.24. The number of benzene rings is 1. The van der Waals surface area contributed by atoms with E-state index < -0.39 is 22.5 Å². The Morgan fingerprint density at radius 2 is 2.26 bits per heavy atom. The number of aliphatic hydroxyl groups excluding tert-OH is 1. The molecule has 0 heterocycles. The van der Waals surface area contributed by atoms with Crippen molar-refractivity contribution in [2.24, 2.45) is 0 Å². The van der Waals surface area contributed by atoms with Gasteiger partial charge in [0.1, 0.15) is 12.4 Å². The van der Waals surface area contributed by atoms with Crippen molar-refractivity contribution in [1.82, 2.24) is 5.32 Å². The van der Waals surface area contributed by atoms with E-state index in [2.05, 4.69) is 17.2 Å². The van der Waals surface area contributed by atoms with Crippen LogP contribution in [0.2, 0.25) is 0 Å². The highest BCUT2D eigenvalue weighted by Crippen LogP contribution is 2.09. The molecule has 0 spiro atoms. The molecule has 4 nitrogen and oxygen atoms in total. The van der Waals surface area contributed by atoms with Gasteiger partial charge in [0, 0.05) is 34.9 Å². The monoisotopic (exact) mass is 283 g/mol. The summed E-state index contributed by atoms with van der Waals surface area (Å²) in [6, 6.07) is 3.96. The molecule has 0 aromatic heterocycles. The van der Waals surface area contributed by atoms with Crippen LogP contribution in [-0.4, -0.2) is 40.4 Å². The molecule has 1 unspecified atom stereocenters. The Morgan fingerprint density at radius 1 is 1.53 bits per heavy atom. The van der Waals surface area contributed by atoms with E-state index in [1.54, 1.807) is 0 Å². The summed E-state index contributed by atoms with van der Waals surface area (Å²) >= 11 is 0. The molecule has 0 saturated heterocycles. The summed E-state index contributed by atoms with van der Waals surface area (Å²) in [6.07, 6.45) is 1.53. The van der Waals surface area contributed by atoms with Gasteiger partial charge in [0.05, 0.1) is 5.56 Å². The van der Waals surface area contributed by atoms with Gasteiger partial charge in [-0.2, -0.15) is 0 Å². The predicted octanol–water partition coefficient (Wildman–Crippen LogP) is 0.278. The summed E-state index contributed by atoms with van der Waals surface area (Å²) in [5, 5.41) is 11.0. The molecule has 1 rings (SSSR count). The first-order valence-corrected chi connectivity index (χ1v) is 7.25. The van der Waals surface area contributed by atoms with Gasteiger partial charge in [-0.1, -0.05) is 11.8 Å². The zero-order valence-electron chi connectivity index (χ0n) is 10.4. The SMILES string of the molecule is CS(=O)CCNC(=O)c1ccc(C#CCO)cc1F. The molecule has 0 fully saturated rings. The molecular formula is C13H14FNO3S. The minimum atomic E-state index is -1.00. The maximum atomic E-state index is 13.7. The normalized spacial score (nSPS) is 11.3. The lowest BCUT2D eigenvalue weighted by atomic mass is 10.1. The number of nitrogens with one attached hydrogen (secondary N) is 1. The van der Waals surface area contributed by atoms with Crippen molar-refractivity contribution in [3.8, 4) is 11.8 Å². The third kappa shape index (κ3) is 5.20. The van der Waals surface area contributed by atoms with E-state index in [0.717, 1.165) is 6.07 Å². The molecule has 1 atom stereocenters. The smallest absolute Gasteiger partial charge is 0.254 e. The second-order valence-electron chi connectivity index (χ2n) is 3.69. The van der Waals surface area contributed by atoms with Gasteiger partial charge in [-0.25, -0.2) is 4.39 Å². The maximum absolute atomic E-state index is 13.7. The number of hydrogen-bond acceptors (Lipinski definition) is 3. The lowest BCUT2D eigenvalue weighted by Gasteiger charge is -2.05. The Labute approximate surface area is 113 Å². The molecule has 0 aliphatic carbocycles. The van der Waals surface area contributed by atoms with E-state index in [0.29, 0.717) is 11.3 Å². The van der Waals surface area contributed by atoms with Crippen LogP contribution in [0.25, 0.3) is 0 Å². The molecule has 0 radical (unpaired) electrons. The lowest BCUT2D eigenvalue weighted by molar-refractivity contribution is 0.0952. The zero-order valence-corrected chi connectivity index (χ0v) is 11.2. The van der Waals surface area contributed by atoms with Crippen molar-refractivity contribution in [3.63, 3.8) is 0 Å². The summed E-state index contributed by atoms with van der Waals surface area (Å²) < 4.78 is 24.5. The summed E-state index contributed by atoms with van der Waals surface area (Å²) in [4.78, 5) is 11.6. The summed E-state index contributed by atoms with van der Waals surface area (Å²) in [5.41, 5.74) is 0.300. The van der Waals surface area contributed by atoms with E-state index in [4.69, 9.17) is 5.11 Å². The number of carbonyl (C=O) groups is 1. The number of halogens is 1. The van der Waals surface area contributed by atoms with Crippen LogP contribution in [-0.2, 0) is 10.8 Å². The number of carbonyl (C=O) groups excluding carboxylic acids is 1. The molecule has 0 saturated carbocycles. The van der Waals surface area contributed by atoms with Gasteiger partial charge in [0.15, 0.2) is 0 Å². The highest BCUT2D eigenvalue weighted by Gasteiger charge is 2.11. The zero-order chi connectivity index (χ0) is 14.3. The molecular weight excluding hydrogens is 269 g/mol. The second kappa shape index (κ2) is 7.67. The minimum Gasteiger partial charge on any atom is -0.384 e. The van der Waals surface area contributed by atoms with Crippen LogP contribution in [0.4, 0.5) is 4.39 Å². The van der Waals surface area contributed by atoms with Gasteiger partial charge in [-0.15, -0.1) is 0 Å². The first-order chi connectivity index (χ1) is 9.04. The molecule has 1 aromatic carbocycles. The average Bonchev–Trinajstić information content (AvgIpc) is 2.35. The molecule has 2 N–H and O–H groups in total. The summed E-state index contributed by atoms with van der Waals surface area (Å²) in [5.74, 6) is 4.03. The third-order valence-corrected chi connectivity index (χ3v) is 2.98. The van der Waals surface area contributed by atoms with Crippen molar-refractivity contribution in [2.45, 2.75) is 0 Å². The third-order valence-electron chi connectivity index (χ3n) is 2.20. The molecule has 6 heteroatoms. The molecule has 102 valence electrons. The topological polar surface area (TPSA) is 66.4 Å². The predicted molar refractivity (Wildman–Crippen MR) is 71.6 cm³/mol. The van der Waals surface area contributed by atoms with Gasteiger partial charge in [-0.3, -0.25) is 9.00 Å². The van der Waals surface area contributed by atoms with Crippen LogP contribution in [0.1, 0.15) is 15.9 Å². The van der Waals surface area contributed by atoms with Crippen LogP contribution in [0.15, 0.2) is 18.2 Å². The van der Waals surface area contributed by atoms with Crippen molar-refractivity contribution in [1.29, 1.82) is 0 Å². The van der Waals surface area contributed by atoms with Crippen molar-refractivity contribution >= 4 is 16.7 Å². The molecule has 0 aliphatic rings. The highest BCUT2D eigenvalue weighted by atomic mass is 32.2. The number of amides is 1. The van der Waals surface area contributed by atoms with E-state index in [1.165, 1.54) is 18.4 Å². The average molecular weight is 283 g/mol. The fourth-order valence-electron chi connectivity index (χ4n) is 1.32. The maximum Gasteiger partial charge on any atom is 0.254 e. The molecule has 19 heavy (non-hydrogen) atoms. The molecule has 1 aromatic rings.